The van der Waals surface area contributed by atoms with Gasteiger partial charge in [-0.2, -0.15) is 11.8 Å². The fraction of sp³-hybridized carbons (Fsp3) is 0.556. The van der Waals surface area contributed by atoms with Gasteiger partial charge in [-0.3, -0.25) is 0 Å². The lowest BCUT2D eigenvalue weighted by molar-refractivity contribution is 0.163. The van der Waals surface area contributed by atoms with Gasteiger partial charge in [0.1, 0.15) is 0 Å². The molecule has 0 bridgehead atoms. The monoisotopic (exact) mass is 278 g/mol. The average Bonchev–Trinajstić information content (AvgIpc) is 2.27. The van der Waals surface area contributed by atoms with Crippen molar-refractivity contribution in [3.8, 4) is 0 Å². The molecule has 0 radical (unpaired) electrons. The van der Waals surface area contributed by atoms with Gasteiger partial charge in [0.15, 0.2) is 0 Å². The molecule has 0 fully saturated rings. The lowest BCUT2D eigenvalue weighted by Crippen LogP contribution is -2.32. The summed E-state index contributed by atoms with van der Waals surface area (Å²) in [4.78, 5) is 0. The molecule has 108 valence electrons. The van der Waals surface area contributed by atoms with E-state index in [9.17, 15) is 0 Å². The molecule has 0 rings (SSSR count). The van der Waals surface area contributed by atoms with Gasteiger partial charge in [0.25, 0.3) is 0 Å². The maximum absolute atomic E-state index is 3.83. The van der Waals surface area contributed by atoms with E-state index in [1.165, 1.54) is 11.3 Å². The molecule has 1 heteroatoms. The van der Waals surface area contributed by atoms with Gasteiger partial charge < -0.3 is 0 Å². The summed E-state index contributed by atoms with van der Waals surface area (Å²) >= 11 is 2.02. The van der Waals surface area contributed by atoms with Crippen molar-refractivity contribution in [2.45, 2.75) is 41.0 Å². The van der Waals surface area contributed by atoms with E-state index in [0.29, 0.717) is 10.8 Å². The van der Waals surface area contributed by atoms with Crippen LogP contribution in [0.25, 0.3) is 0 Å². The minimum absolute atomic E-state index is 0.338. The van der Waals surface area contributed by atoms with Crippen LogP contribution in [0, 0.1) is 10.8 Å². The van der Waals surface area contributed by atoms with Crippen molar-refractivity contribution in [2.75, 3.05) is 11.5 Å². The summed E-state index contributed by atoms with van der Waals surface area (Å²) in [5.41, 5.74) is 2.10. The summed E-state index contributed by atoms with van der Waals surface area (Å²) in [7, 11) is 0. The summed E-state index contributed by atoms with van der Waals surface area (Å²) in [5.74, 6) is 2.25. The third-order valence-electron chi connectivity index (χ3n) is 3.77. The van der Waals surface area contributed by atoms with E-state index in [-0.39, 0.29) is 0 Å². The van der Waals surface area contributed by atoms with Gasteiger partial charge in [-0.25, -0.2) is 0 Å². The van der Waals surface area contributed by atoms with Gasteiger partial charge in [0, 0.05) is 5.75 Å². The molecule has 0 unspecified atom stereocenters. The first-order valence-electron chi connectivity index (χ1n) is 6.90. The van der Waals surface area contributed by atoms with Crippen molar-refractivity contribution in [2.24, 2.45) is 10.8 Å². The van der Waals surface area contributed by atoms with Crippen LogP contribution in [0.3, 0.4) is 0 Å². The topological polar surface area (TPSA) is 0 Å². The highest BCUT2D eigenvalue weighted by Crippen LogP contribution is 2.40. The molecular weight excluding hydrogens is 248 g/mol. The maximum Gasteiger partial charge on any atom is 0.0149 e. The van der Waals surface area contributed by atoms with Crippen molar-refractivity contribution in [1.82, 2.24) is 0 Å². The molecule has 0 saturated heterocycles. The fourth-order valence-corrected chi connectivity index (χ4v) is 2.81. The molecule has 0 amide bonds. The van der Waals surface area contributed by atoms with E-state index in [1.54, 1.807) is 6.08 Å². The lowest BCUT2D eigenvalue weighted by Gasteiger charge is -2.38. The van der Waals surface area contributed by atoms with Crippen LogP contribution in [-0.4, -0.2) is 11.5 Å². The molecule has 0 saturated carbocycles. The first-order valence-corrected chi connectivity index (χ1v) is 8.06. The minimum Gasteiger partial charge on any atom is -0.157 e. The van der Waals surface area contributed by atoms with Crippen LogP contribution in [0.4, 0.5) is 0 Å². The smallest absolute Gasteiger partial charge is 0.0149 e. The van der Waals surface area contributed by atoms with Gasteiger partial charge in [-0.1, -0.05) is 77.2 Å². The number of allylic oxidation sites excluding steroid dienone is 5. The normalized spacial score (nSPS) is 13.8. The molecule has 0 aliphatic carbocycles. The third-order valence-corrected chi connectivity index (χ3v) is 5.27. The van der Waals surface area contributed by atoms with Crippen LogP contribution in [-0.2, 0) is 0 Å². The zero-order valence-corrected chi connectivity index (χ0v) is 14.1. The van der Waals surface area contributed by atoms with E-state index >= 15 is 0 Å². The maximum atomic E-state index is 3.83. The molecule has 0 spiro atoms. The molecule has 0 aromatic rings. The molecule has 0 aliphatic rings. The second-order valence-corrected chi connectivity index (χ2v) is 7.55. The van der Waals surface area contributed by atoms with E-state index in [4.69, 9.17) is 0 Å². The van der Waals surface area contributed by atoms with Crippen LogP contribution in [0.5, 0.6) is 0 Å². The van der Waals surface area contributed by atoms with Crippen LogP contribution >= 0.6 is 11.8 Å². The van der Waals surface area contributed by atoms with E-state index in [0.717, 1.165) is 12.2 Å². The fourth-order valence-electron chi connectivity index (χ4n) is 1.28. The first-order chi connectivity index (χ1) is 8.74. The highest BCUT2D eigenvalue weighted by atomic mass is 32.2. The molecular formula is C18H30S. The molecule has 0 N–H and O–H groups in total. The van der Waals surface area contributed by atoms with Crippen LogP contribution in [0.15, 0.2) is 49.1 Å². The Balaban J connectivity index is 4.42. The van der Waals surface area contributed by atoms with Crippen molar-refractivity contribution in [3.63, 3.8) is 0 Å². The highest BCUT2D eigenvalue weighted by molar-refractivity contribution is 7.99. The lowest BCUT2D eigenvalue weighted by atomic mass is 9.71. The van der Waals surface area contributed by atoms with Crippen molar-refractivity contribution in [3.05, 3.63) is 49.1 Å². The standard InChI is InChI=1S/C18H30S/c1-8-10-11-13-16(12-9-2)14-19-15-18(6,7)17(3,4)5/h8-11,13H,1-2,12,14-15H2,3-7H3/b11-10-,16-13+. The summed E-state index contributed by atoms with van der Waals surface area (Å²) in [6, 6.07) is 0. The second kappa shape index (κ2) is 8.47. The number of thioether (sulfide) groups is 1. The Morgan fingerprint density at radius 2 is 1.68 bits per heavy atom. The average molecular weight is 279 g/mol. The molecule has 0 aliphatic heterocycles. The predicted octanol–water partition coefficient (Wildman–Crippen LogP) is 6.04. The Bertz CT molecular complexity index is 337. The minimum atomic E-state index is 0.338. The Kier molecular flexibility index (Phi) is 8.17. The van der Waals surface area contributed by atoms with Crippen molar-refractivity contribution in [1.29, 1.82) is 0 Å². The van der Waals surface area contributed by atoms with E-state index in [1.807, 2.05) is 23.9 Å². The summed E-state index contributed by atoms with van der Waals surface area (Å²) in [6.45, 7) is 19.2. The Morgan fingerprint density at radius 1 is 1.05 bits per heavy atom. The zero-order chi connectivity index (χ0) is 14.9. The first kappa shape index (κ1) is 18.3. The van der Waals surface area contributed by atoms with Crippen LogP contribution in [0.1, 0.15) is 41.0 Å². The number of hydrogen-bond acceptors (Lipinski definition) is 1. The van der Waals surface area contributed by atoms with Crippen molar-refractivity contribution >= 4 is 11.8 Å². The number of hydrogen-bond donors (Lipinski definition) is 0. The van der Waals surface area contributed by atoms with Gasteiger partial charge >= 0.3 is 0 Å². The summed E-state index contributed by atoms with van der Waals surface area (Å²) in [5, 5.41) is 0. The third kappa shape index (κ3) is 7.47. The van der Waals surface area contributed by atoms with Crippen LogP contribution in [0.2, 0.25) is 0 Å². The molecule has 0 atom stereocenters. The number of rotatable bonds is 8. The summed E-state index contributed by atoms with van der Waals surface area (Å²) in [6.07, 6.45) is 10.9. The van der Waals surface area contributed by atoms with Gasteiger partial charge in [-0.05, 0) is 23.0 Å². The van der Waals surface area contributed by atoms with Crippen molar-refractivity contribution < 1.29 is 0 Å². The molecule has 0 aromatic carbocycles. The molecule has 0 aromatic heterocycles. The SMILES string of the molecule is C=C/C=C\C=C(/CC=C)CSCC(C)(C)C(C)(C)C. The van der Waals surface area contributed by atoms with Gasteiger partial charge in [-0.15, -0.1) is 6.58 Å². The van der Waals surface area contributed by atoms with Gasteiger partial charge in [0.05, 0.1) is 0 Å². The zero-order valence-electron chi connectivity index (χ0n) is 13.3. The van der Waals surface area contributed by atoms with E-state index in [2.05, 4.69) is 59.9 Å². The van der Waals surface area contributed by atoms with Gasteiger partial charge in [0.2, 0.25) is 0 Å². The molecule has 0 nitrogen and oxygen atoms in total. The second-order valence-electron chi connectivity index (χ2n) is 6.56. The Hall–Kier alpha value is -0.690. The highest BCUT2D eigenvalue weighted by Gasteiger charge is 2.32. The Morgan fingerprint density at radius 3 is 2.16 bits per heavy atom. The van der Waals surface area contributed by atoms with E-state index < -0.39 is 0 Å². The largest absolute Gasteiger partial charge is 0.157 e. The molecule has 19 heavy (non-hydrogen) atoms. The quantitative estimate of drug-likeness (QED) is 0.385. The van der Waals surface area contributed by atoms with Crippen LogP contribution < -0.4 is 0 Å². The molecule has 0 heterocycles. The summed E-state index contributed by atoms with van der Waals surface area (Å²) < 4.78 is 0. The Labute approximate surface area is 124 Å². The predicted molar refractivity (Wildman–Crippen MR) is 92.8 cm³/mol.